The van der Waals surface area contributed by atoms with Gasteiger partial charge < -0.3 is 5.32 Å². The highest BCUT2D eigenvalue weighted by Gasteiger charge is 2.17. The standard InChI is InChI=1S/C14H22N4S/c1-5-11-6-7-13(19-11)12(15-4)8-14-16-9-17-18(14)10(2)3/h6-7,9-10,12,15H,5,8H2,1-4H3. The molecule has 4 nitrogen and oxygen atoms in total. The van der Waals surface area contributed by atoms with Crippen LogP contribution in [-0.2, 0) is 12.8 Å². The molecule has 104 valence electrons. The molecule has 2 aromatic rings. The molecule has 0 aromatic carbocycles. The van der Waals surface area contributed by atoms with Gasteiger partial charge in [0.2, 0.25) is 0 Å². The third kappa shape index (κ3) is 3.22. The van der Waals surface area contributed by atoms with Crippen LogP contribution in [0, 0.1) is 0 Å². The van der Waals surface area contributed by atoms with E-state index in [4.69, 9.17) is 0 Å². The quantitative estimate of drug-likeness (QED) is 0.883. The van der Waals surface area contributed by atoms with E-state index in [0.29, 0.717) is 12.1 Å². The summed E-state index contributed by atoms with van der Waals surface area (Å²) in [5.41, 5.74) is 0. The van der Waals surface area contributed by atoms with Crippen LogP contribution in [-0.4, -0.2) is 21.8 Å². The van der Waals surface area contributed by atoms with Gasteiger partial charge in [0.15, 0.2) is 0 Å². The molecule has 5 heteroatoms. The van der Waals surface area contributed by atoms with Gasteiger partial charge in [0.25, 0.3) is 0 Å². The van der Waals surface area contributed by atoms with Crippen LogP contribution in [0.2, 0.25) is 0 Å². The van der Waals surface area contributed by atoms with Crippen LogP contribution >= 0.6 is 11.3 Å². The normalized spacial score (nSPS) is 13.1. The molecule has 0 saturated carbocycles. The van der Waals surface area contributed by atoms with Crippen molar-refractivity contribution in [1.82, 2.24) is 20.1 Å². The average Bonchev–Trinajstić information content (AvgIpc) is 3.04. The summed E-state index contributed by atoms with van der Waals surface area (Å²) < 4.78 is 2.00. The van der Waals surface area contributed by atoms with Gasteiger partial charge in [0.1, 0.15) is 12.2 Å². The Morgan fingerprint density at radius 1 is 1.37 bits per heavy atom. The van der Waals surface area contributed by atoms with Crippen molar-refractivity contribution in [3.05, 3.63) is 34.0 Å². The van der Waals surface area contributed by atoms with Crippen molar-refractivity contribution >= 4 is 11.3 Å². The van der Waals surface area contributed by atoms with E-state index in [1.807, 2.05) is 23.1 Å². The second-order valence-electron chi connectivity index (χ2n) is 4.92. The summed E-state index contributed by atoms with van der Waals surface area (Å²) >= 11 is 1.88. The van der Waals surface area contributed by atoms with Crippen molar-refractivity contribution < 1.29 is 0 Å². The molecule has 0 aliphatic carbocycles. The van der Waals surface area contributed by atoms with Gasteiger partial charge in [-0.25, -0.2) is 9.67 Å². The number of hydrogen-bond donors (Lipinski definition) is 1. The van der Waals surface area contributed by atoms with Crippen LogP contribution in [0.3, 0.4) is 0 Å². The molecule has 0 aliphatic rings. The first-order valence-corrected chi connectivity index (χ1v) is 7.61. The minimum atomic E-state index is 0.312. The van der Waals surface area contributed by atoms with Crippen molar-refractivity contribution in [2.75, 3.05) is 7.05 Å². The Balaban J connectivity index is 2.16. The lowest BCUT2D eigenvalue weighted by atomic mass is 10.1. The topological polar surface area (TPSA) is 42.7 Å². The first-order valence-electron chi connectivity index (χ1n) is 6.80. The van der Waals surface area contributed by atoms with E-state index in [9.17, 15) is 0 Å². The number of nitrogens with one attached hydrogen (secondary N) is 1. The maximum atomic E-state index is 4.39. The molecule has 2 heterocycles. The molecular weight excluding hydrogens is 256 g/mol. The molecule has 2 rings (SSSR count). The van der Waals surface area contributed by atoms with Crippen LogP contribution in [0.1, 0.15) is 48.4 Å². The molecule has 0 radical (unpaired) electrons. The van der Waals surface area contributed by atoms with Gasteiger partial charge in [-0.2, -0.15) is 5.10 Å². The summed E-state index contributed by atoms with van der Waals surface area (Å²) in [6.45, 7) is 6.46. The monoisotopic (exact) mass is 278 g/mol. The van der Waals surface area contributed by atoms with Crippen LogP contribution in [0.15, 0.2) is 18.5 Å². The van der Waals surface area contributed by atoms with Crippen molar-refractivity contribution in [1.29, 1.82) is 0 Å². The second-order valence-corrected chi connectivity index (χ2v) is 6.12. The number of hydrogen-bond acceptors (Lipinski definition) is 4. The largest absolute Gasteiger partial charge is 0.312 e. The zero-order valence-corrected chi connectivity index (χ0v) is 12.9. The molecular formula is C14H22N4S. The number of aryl methyl sites for hydroxylation is 1. The lowest BCUT2D eigenvalue weighted by Crippen LogP contribution is -2.20. The van der Waals surface area contributed by atoms with Crippen molar-refractivity contribution in [3.63, 3.8) is 0 Å². The van der Waals surface area contributed by atoms with Gasteiger partial charge >= 0.3 is 0 Å². The first-order chi connectivity index (χ1) is 9.15. The fraction of sp³-hybridized carbons (Fsp3) is 0.571. The summed E-state index contributed by atoms with van der Waals surface area (Å²) in [5.74, 6) is 1.04. The Labute approximate surface area is 118 Å². The van der Waals surface area contributed by atoms with E-state index in [1.54, 1.807) is 6.33 Å². The molecule has 1 atom stereocenters. The first kappa shape index (κ1) is 14.2. The van der Waals surface area contributed by atoms with Gasteiger partial charge in [-0.15, -0.1) is 11.3 Å². The molecule has 0 spiro atoms. The van der Waals surface area contributed by atoms with Crippen LogP contribution in [0.25, 0.3) is 0 Å². The third-order valence-electron chi connectivity index (χ3n) is 3.25. The molecule has 0 aliphatic heterocycles. The summed E-state index contributed by atoms with van der Waals surface area (Å²) in [4.78, 5) is 7.20. The smallest absolute Gasteiger partial charge is 0.138 e. The molecule has 0 fully saturated rings. The van der Waals surface area contributed by atoms with E-state index in [0.717, 1.165) is 18.7 Å². The molecule has 0 saturated heterocycles. The van der Waals surface area contributed by atoms with E-state index in [1.165, 1.54) is 9.75 Å². The lowest BCUT2D eigenvalue weighted by Gasteiger charge is -2.16. The van der Waals surface area contributed by atoms with Gasteiger partial charge in [-0.05, 0) is 39.4 Å². The van der Waals surface area contributed by atoms with Crippen molar-refractivity contribution in [3.8, 4) is 0 Å². The predicted octanol–water partition coefficient (Wildman–Crippen LogP) is 2.99. The zero-order valence-electron chi connectivity index (χ0n) is 12.1. The van der Waals surface area contributed by atoms with Crippen LogP contribution in [0.4, 0.5) is 0 Å². The highest BCUT2D eigenvalue weighted by Crippen LogP contribution is 2.26. The Kier molecular flexibility index (Phi) is 4.71. The van der Waals surface area contributed by atoms with Gasteiger partial charge in [0, 0.05) is 28.3 Å². The van der Waals surface area contributed by atoms with Gasteiger partial charge in [-0.3, -0.25) is 0 Å². The second kappa shape index (κ2) is 6.30. The molecule has 0 bridgehead atoms. The van der Waals surface area contributed by atoms with Crippen molar-refractivity contribution in [2.45, 2.75) is 45.7 Å². The summed E-state index contributed by atoms with van der Waals surface area (Å²) in [7, 11) is 2.01. The van der Waals surface area contributed by atoms with E-state index >= 15 is 0 Å². The zero-order chi connectivity index (χ0) is 13.8. The van der Waals surface area contributed by atoms with E-state index in [2.05, 4.69) is 48.3 Å². The minimum Gasteiger partial charge on any atom is -0.312 e. The third-order valence-corrected chi connectivity index (χ3v) is 4.59. The highest BCUT2D eigenvalue weighted by atomic mass is 32.1. The fourth-order valence-electron chi connectivity index (χ4n) is 2.15. The Bertz CT molecular complexity index is 515. The van der Waals surface area contributed by atoms with Crippen LogP contribution < -0.4 is 5.32 Å². The van der Waals surface area contributed by atoms with E-state index < -0.39 is 0 Å². The number of nitrogens with zero attached hydrogens (tertiary/aromatic N) is 3. The maximum absolute atomic E-state index is 4.39. The van der Waals surface area contributed by atoms with Crippen molar-refractivity contribution in [2.24, 2.45) is 0 Å². The molecule has 2 aromatic heterocycles. The Morgan fingerprint density at radius 3 is 2.74 bits per heavy atom. The molecule has 19 heavy (non-hydrogen) atoms. The Hall–Kier alpha value is -1.20. The Morgan fingerprint density at radius 2 is 2.16 bits per heavy atom. The summed E-state index contributed by atoms with van der Waals surface area (Å²) in [5, 5.41) is 7.69. The lowest BCUT2D eigenvalue weighted by molar-refractivity contribution is 0.480. The summed E-state index contributed by atoms with van der Waals surface area (Å²) in [6.07, 6.45) is 3.62. The SMILES string of the molecule is CCc1ccc(C(Cc2ncnn2C(C)C)NC)s1. The van der Waals surface area contributed by atoms with Crippen LogP contribution in [0.5, 0.6) is 0 Å². The average molecular weight is 278 g/mol. The summed E-state index contributed by atoms with van der Waals surface area (Å²) in [6, 6.07) is 5.11. The fourth-order valence-corrected chi connectivity index (χ4v) is 3.21. The predicted molar refractivity (Wildman–Crippen MR) is 79.6 cm³/mol. The molecule has 0 amide bonds. The number of aromatic nitrogens is 3. The number of rotatable bonds is 6. The molecule has 1 N–H and O–H groups in total. The van der Waals surface area contributed by atoms with E-state index in [-0.39, 0.29) is 0 Å². The maximum Gasteiger partial charge on any atom is 0.138 e. The van der Waals surface area contributed by atoms with Gasteiger partial charge in [0.05, 0.1) is 0 Å². The minimum absolute atomic E-state index is 0.312. The highest BCUT2D eigenvalue weighted by molar-refractivity contribution is 7.12. The number of thiophene rings is 1. The molecule has 1 unspecified atom stereocenters. The number of likely N-dealkylation sites (N-methyl/N-ethyl adjacent to an activating group) is 1. The van der Waals surface area contributed by atoms with Gasteiger partial charge in [-0.1, -0.05) is 6.92 Å².